The number of carbonyl (C=O) groups excluding carboxylic acids is 4. The minimum Gasteiger partial charge on any atom is -0.480 e. The van der Waals surface area contributed by atoms with E-state index < -0.39 is 66.8 Å². The standard InChI is InChI=1S/C16H30N6O7S/c17-4-2-1-3-9(16(28)29)20-15(27)11(7-30)22-14(26)10(6-23)21-13(25)8(18)5-12(19)24/h8-11,23,30H,1-7,17-18H2,(H2,19,24)(H,20,27)(H,21,25)(H,22,26)(H,28,29). The molecule has 0 rings (SSSR count). The number of nitrogens with one attached hydrogen (secondary N) is 3. The third kappa shape index (κ3) is 10.4. The third-order valence-corrected chi connectivity index (χ3v) is 4.32. The Morgan fingerprint density at radius 2 is 1.43 bits per heavy atom. The van der Waals surface area contributed by atoms with E-state index in [1.165, 1.54) is 0 Å². The van der Waals surface area contributed by atoms with E-state index in [-0.39, 0.29) is 12.2 Å². The van der Waals surface area contributed by atoms with E-state index in [2.05, 4.69) is 28.6 Å². The van der Waals surface area contributed by atoms with Gasteiger partial charge in [0.15, 0.2) is 0 Å². The lowest BCUT2D eigenvalue weighted by molar-refractivity contribution is -0.142. The highest BCUT2D eigenvalue weighted by molar-refractivity contribution is 7.80. The summed E-state index contributed by atoms with van der Waals surface area (Å²) in [6.07, 6.45) is 0.755. The molecule has 0 saturated heterocycles. The molecule has 0 fully saturated rings. The van der Waals surface area contributed by atoms with Gasteiger partial charge in [-0.1, -0.05) is 0 Å². The molecule has 4 unspecified atom stereocenters. The topological polar surface area (TPSA) is 240 Å². The second kappa shape index (κ2) is 14.5. The quantitative estimate of drug-likeness (QED) is 0.0866. The zero-order chi connectivity index (χ0) is 23.3. The van der Waals surface area contributed by atoms with Gasteiger partial charge in [-0.05, 0) is 25.8 Å². The molecule has 0 aliphatic carbocycles. The molecule has 0 bridgehead atoms. The number of aliphatic hydroxyl groups is 1. The summed E-state index contributed by atoms with van der Waals surface area (Å²) >= 11 is 3.97. The maximum absolute atomic E-state index is 12.3. The number of rotatable bonds is 15. The Hall–Kier alpha value is -2.42. The van der Waals surface area contributed by atoms with Gasteiger partial charge in [0, 0.05) is 5.75 Å². The van der Waals surface area contributed by atoms with E-state index in [9.17, 15) is 34.2 Å². The van der Waals surface area contributed by atoms with Crippen LogP contribution in [0.15, 0.2) is 0 Å². The summed E-state index contributed by atoms with van der Waals surface area (Å²) in [5, 5.41) is 25.3. The third-order valence-electron chi connectivity index (χ3n) is 3.95. The number of nitrogens with two attached hydrogens (primary N) is 3. The van der Waals surface area contributed by atoms with Crippen LogP contribution in [0.4, 0.5) is 0 Å². The normalized spacial score (nSPS) is 14.7. The van der Waals surface area contributed by atoms with Crippen molar-refractivity contribution in [3.63, 3.8) is 0 Å². The molecular weight excluding hydrogens is 420 g/mol. The molecule has 4 amide bonds. The number of aliphatic hydroxyl groups excluding tert-OH is 1. The molecule has 0 radical (unpaired) electrons. The van der Waals surface area contributed by atoms with Gasteiger partial charge in [-0.2, -0.15) is 12.6 Å². The fraction of sp³-hybridized carbons (Fsp3) is 0.688. The summed E-state index contributed by atoms with van der Waals surface area (Å²) < 4.78 is 0. The second-order valence-electron chi connectivity index (χ2n) is 6.45. The van der Waals surface area contributed by atoms with E-state index in [1.54, 1.807) is 0 Å². The van der Waals surface area contributed by atoms with E-state index in [4.69, 9.17) is 17.2 Å². The fourth-order valence-electron chi connectivity index (χ4n) is 2.27. The number of hydrogen-bond donors (Lipinski definition) is 9. The average molecular weight is 451 g/mol. The molecule has 30 heavy (non-hydrogen) atoms. The lowest BCUT2D eigenvalue weighted by Crippen LogP contribution is -2.58. The summed E-state index contributed by atoms with van der Waals surface area (Å²) in [5.41, 5.74) is 15.8. The Bertz CT molecular complexity index is 621. The molecule has 172 valence electrons. The Kier molecular flexibility index (Phi) is 13.4. The van der Waals surface area contributed by atoms with Gasteiger partial charge in [-0.3, -0.25) is 19.2 Å². The number of hydrogen-bond acceptors (Lipinski definition) is 9. The van der Waals surface area contributed by atoms with Gasteiger partial charge in [-0.25, -0.2) is 4.79 Å². The van der Waals surface area contributed by atoms with Gasteiger partial charge >= 0.3 is 5.97 Å². The van der Waals surface area contributed by atoms with Crippen molar-refractivity contribution in [2.24, 2.45) is 17.2 Å². The van der Waals surface area contributed by atoms with Crippen LogP contribution in [0, 0.1) is 0 Å². The van der Waals surface area contributed by atoms with Crippen LogP contribution in [0.3, 0.4) is 0 Å². The summed E-state index contributed by atoms with van der Waals surface area (Å²) in [7, 11) is 0. The first-order valence-corrected chi connectivity index (χ1v) is 9.80. The summed E-state index contributed by atoms with van der Waals surface area (Å²) in [4.78, 5) is 58.6. The maximum Gasteiger partial charge on any atom is 0.326 e. The van der Waals surface area contributed by atoms with Gasteiger partial charge < -0.3 is 43.4 Å². The van der Waals surface area contributed by atoms with Gasteiger partial charge in [0.2, 0.25) is 23.6 Å². The molecule has 0 saturated carbocycles. The van der Waals surface area contributed by atoms with Crippen LogP contribution in [0.1, 0.15) is 25.7 Å². The number of aliphatic carboxylic acids is 1. The molecule has 0 aliphatic heterocycles. The minimum atomic E-state index is -1.47. The maximum atomic E-state index is 12.3. The van der Waals surface area contributed by atoms with Crippen molar-refractivity contribution in [1.29, 1.82) is 0 Å². The molecule has 0 aromatic carbocycles. The highest BCUT2D eigenvalue weighted by Gasteiger charge is 2.29. The van der Waals surface area contributed by atoms with Gasteiger partial charge in [-0.15, -0.1) is 0 Å². The number of carboxylic acids is 1. The van der Waals surface area contributed by atoms with Crippen LogP contribution in [-0.4, -0.2) is 82.9 Å². The number of carboxylic acid groups (broad SMARTS) is 1. The molecule has 11 N–H and O–H groups in total. The smallest absolute Gasteiger partial charge is 0.326 e. The van der Waals surface area contributed by atoms with Crippen molar-refractivity contribution < 1.29 is 34.2 Å². The predicted molar refractivity (Wildman–Crippen MR) is 109 cm³/mol. The minimum absolute atomic E-state index is 0.151. The van der Waals surface area contributed by atoms with E-state index >= 15 is 0 Å². The lowest BCUT2D eigenvalue weighted by atomic mass is 10.1. The van der Waals surface area contributed by atoms with E-state index in [0.717, 1.165) is 0 Å². The molecule has 0 spiro atoms. The van der Waals surface area contributed by atoms with Crippen molar-refractivity contribution in [3.8, 4) is 0 Å². The number of thiol groups is 1. The van der Waals surface area contributed by atoms with Crippen LogP contribution in [0.2, 0.25) is 0 Å². The van der Waals surface area contributed by atoms with Crippen molar-refractivity contribution in [2.45, 2.75) is 49.9 Å². The summed E-state index contributed by atoms with van der Waals surface area (Å²) in [6.45, 7) is -0.439. The molecule has 4 atom stereocenters. The molecular formula is C16H30N6O7S. The van der Waals surface area contributed by atoms with Crippen LogP contribution in [-0.2, 0) is 24.0 Å². The first-order chi connectivity index (χ1) is 14.1. The molecule has 0 aromatic heterocycles. The van der Waals surface area contributed by atoms with E-state index in [0.29, 0.717) is 19.4 Å². The first kappa shape index (κ1) is 27.6. The predicted octanol–water partition coefficient (Wildman–Crippen LogP) is -4.22. The van der Waals surface area contributed by atoms with Gasteiger partial charge in [0.1, 0.15) is 18.1 Å². The molecule has 13 nitrogen and oxygen atoms in total. The van der Waals surface area contributed by atoms with Crippen molar-refractivity contribution in [3.05, 3.63) is 0 Å². The Balaban J connectivity index is 4.94. The molecule has 0 heterocycles. The highest BCUT2D eigenvalue weighted by Crippen LogP contribution is 2.02. The van der Waals surface area contributed by atoms with Crippen molar-refractivity contribution >= 4 is 42.2 Å². The Morgan fingerprint density at radius 3 is 1.90 bits per heavy atom. The monoisotopic (exact) mass is 450 g/mol. The number of primary amides is 1. The Morgan fingerprint density at radius 1 is 0.900 bits per heavy atom. The number of amides is 4. The van der Waals surface area contributed by atoms with Crippen LogP contribution in [0.25, 0.3) is 0 Å². The fourth-order valence-corrected chi connectivity index (χ4v) is 2.53. The van der Waals surface area contributed by atoms with Crippen molar-refractivity contribution in [1.82, 2.24) is 16.0 Å². The molecule has 0 aliphatic rings. The van der Waals surface area contributed by atoms with Crippen LogP contribution >= 0.6 is 12.6 Å². The van der Waals surface area contributed by atoms with Gasteiger partial charge in [0.25, 0.3) is 0 Å². The summed E-state index contributed by atoms with van der Waals surface area (Å²) in [6, 6.07) is -5.20. The zero-order valence-electron chi connectivity index (χ0n) is 16.4. The van der Waals surface area contributed by atoms with Gasteiger partial charge in [0.05, 0.1) is 19.1 Å². The molecule has 0 aromatic rings. The van der Waals surface area contributed by atoms with Crippen LogP contribution in [0.5, 0.6) is 0 Å². The zero-order valence-corrected chi connectivity index (χ0v) is 17.3. The average Bonchev–Trinajstić information content (AvgIpc) is 2.68. The SMILES string of the molecule is NCCCCC(NC(=O)C(CS)NC(=O)C(CO)NC(=O)C(N)CC(N)=O)C(=O)O. The van der Waals surface area contributed by atoms with E-state index in [1.807, 2.05) is 0 Å². The lowest BCUT2D eigenvalue weighted by Gasteiger charge is -2.23. The number of unbranched alkanes of at least 4 members (excludes halogenated alkanes) is 1. The second-order valence-corrected chi connectivity index (χ2v) is 6.81. The first-order valence-electron chi connectivity index (χ1n) is 9.16. The van der Waals surface area contributed by atoms with Crippen LogP contribution < -0.4 is 33.2 Å². The summed E-state index contributed by atoms with van der Waals surface area (Å²) in [5.74, 6) is -4.88. The largest absolute Gasteiger partial charge is 0.480 e. The Labute approximate surface area is 178 Å². The van der Waals surface area contributed by atoms with Crippen molar-refractivity contribution in [2.75, 3.05) is 18.9 Å². The number of carbonyl (C=O) groups is 5. The highest BCUT2D eigenvalue weighted by atomic mass is 32.1. The molecule has 14 heteroatoms.